The first-order chi connectivity index (χ1) is 6.86. The molecule has 1 N–H and O–H groups in total. The SMILES string of the molecule is CCCc1nc(C(C)(C)C)c(I)c(=O)[nH]1. The topological polar surface area (TPSA) is 45.8 Å². The van der Waals surface area contributed by atoms with Gasteiger partial charge < -0.3 is 4.98 Å². The number of nitrogens with one attached hydrogen (secondary N) is 1. The van der Waals surface area contributed by atoms with Gasteiger partial charge in [0.1, 0.15) is 9.39 Å². The Morgan fingerprint density at radius 3 is 2.47 bits per heavy atom. The van der Waals surface area contributed by atoms with Gasteiger partial charge in [-0.25, -0.2) is 4.98 Å². The molecule has 1 heterocycles. The van der Waals surface area contributed by atoms with Crippen molar-refractivity contribution in [1.82, 2.24) is 9.97 Å². The van der Waals surface area contributed by atoms with Crippen molar-refractivity contribution in [2.24, 2.45) is 0 Å². The Balaban J connectivity index is 3.32. The van der Waals surface area contributed by atoms with Gasteiger partial charge in [-0.3, -0.25) is 4.79 Å². The van der Waals surface area contributed by atoms with E-state index in [1.54, 1.807) is 0 Å². The first-order valence-electron chi connectivity index (χ1n) is 5.15. The average Bonchev–Trinajstić information content (AvgIpc) is 2.09. The summed E-state index contributed by atoms with van der Waals surface area (Å²) in [5.41, 5.74) is 0.807. The number of hydrogen-bond donors (Lipinski definition) is 1. The number of aryl methyl sites for hydroxylation is 1. The van der Waals surface area contributed by atoms with E-state index in [1.807, 2.05) is 0 Å². The summed E-state index contributed by atoms with van der Waals surface area (Å²) < 4.78 is 0.708. The lowest BCUT2D eigenvalue weighted by Gasteiger charge is -2.19. The van der Waals surface area contributed by atoms with Gasteiger partial charge in [-0.15, -0.1) is 0 Å². The summed E-state index contributed by atoms with van der Waals surface area (Å²) >= 11 is 2.07. The highest BCUT2D eigenvalue weighted by molar-refractivity contribution is 14.1. The monoisotopic (exact) mass is 320 g/mol. The largest absolute Gasteiger partial charge is 0.310 e. The summed E-state index contributed by atoms with van der Waals surface area (Å²) in [6.07, 6.45) is 1.82. The van der Waals surface area contributed by atoms with Crippen LogP contribution >= 0.6 is 22.6 Å². The molecule has 0 aliphatic heterocycles. The number of halogens is 1. The fraction of sp³-hybridized carbons (Fsp3) is 0.636. The average molecular weight is 320 g/mol. The highest BCUT2D eigenvalue weighted by Gasteiger charge is 2.21. The third-order valence-electron chi connectivity index (χ3n) is 2.11. The zero-order chi connectivity index (χ0) is 11.6. The van der Waals surface area contributed by atoms with E-state index in [1.165, 1.54) is 0 Å². The smallest absolute Gasteiger partial charge is 0.264 e. The van der Waals surface area contributed by atoms with Crippen LogP contribution in [-0.4, -0.2) is 9.97 Å². The highest BCUT2D eigenvalue weighted by Crippen LogP contribution is 2.22. The summed E-state index contributed by atoms with van der Waals surface area (Å²) in [7, 11) is 0. The maximum atomic E-state index is 11.7. The van der Waals surface area contributed by atoms with Crippen molar-refractivity contribution in [3.05, 3.63) is 25.4 Å². The van der Waals surface area contributed by atoms with Crippen molar-refractivity contribution in [1.29, 1.82) is 0 Å². The minimum atomic E-state index is -0.0761. The van der Waals surface area contributed by atoms with Crippen molar-refractivity contribution in [2.45, 2.75) is 46.0 Å². The Morgan fingerprint density at radius 1 is 1.40 bits per heavy atom. The molecular weight excluding hydrogens is 303 g/mol. The van der Waals surface area contributed by atoms with Crippen molar-refractivity contribution < 1.29 is 0 Å². The molecule has 0 radical (unpaired) electrons. The second-order valence-electron chi connectivity index (χ2n) is 4.68. The summed E-state index contributed by atoms with van der Waals surface area (Å²) in [4.78, 5) is 19.0. The van der Waals surface area contributed by atoms with Crippen LogP contribution in [0.3, 0.4) is 0 Å². The van der Waals surface area contributed by atoms with Crippen LogP contribution in [0.4, 0.5) is 0 Å². The van der Waals surface area contributed by atoms with E-state index in [9.17, 15) is 4.79 Å². The molecule has 0 bridgehead atoms. The minimum absolute atomic E-state index is 0.0148. The quantitative estimate of drug-likeness (QED) is 0.852. The summed E-state index contributed by atoms with van der Waals surface area (Å²) in [5.74, 6) is 0.799. The Morgan fingerprint density at radius 2 is 2.00 bits per heavy atom. The highest BCUT2D eigenvalue weighted by atomic mass is 127. The number of aromatic amines is 1. The van der Waals surface area contributed by atoms with Crippen molar-refractivity contribution >= 4 is 22.6 Å². The number of aromatic nitrogens is 2. The van der Waals surface area contributed by atoms with Crippen LogP contribution in [0.5, 0.6) is 0 Å². The zero-order valence-electron chi connectivity index (χ0n) is 9.65. The van der Waals surface area contributed by atoms with Crippen LogP contribution < -0.4 is 5.56 Å². The van der Waals surface area contributed by atoms with E-state index >= 15 is 0 Å². The van der Waals surface area contributed by atoms with Gasteiger partial charge in [0, 0.05) is 11.8 Å². The molecule has 0 saturated carbocycles. The maximum Gasteiger partial charge on any atom is 0.264 e. The van der Waals surface area contributed by atoms with Crippen LogP contribution in [0.15, 0.2) is 4.79 Å². The van der Waals surface area contributed by atoms with Gasteiger partial charge >= 0.3 is 0 Å². The van der Waals surface area contributed by atoms with Crippen LogP contribution in [-0.2, 0) is 11.8 Å². The molecule has 0 unspecified atom stereocenters. The molecular formula is C11H17IN2O. The number of nitrogens with zero attached hydrogens (tertiary/aromatic N) is 1. The van der Waals surface area contributed by atoms with E-state index in [0.717, 1.165) is 24.4 Å². The second-order valence-corrected chi connectivity index (χ2v) is 5.75. The zero-order valence-corrected chi connectivity index (χ0v) is 11.8. The van der Waals surface area contributed by atoms with E-state index in [2.05, 4.69) is 60.3 Å². The van der Waals surface area contributed by atoms with E-state index in [0.29, 0.717) is 3.57 Å². The van der Waals surface area contributed by atoms with Crippen molar-refractivity contribution in [3.63, 3.8) is 0 Å². The minimum Gasteiger partial charge on any atom is -0.310 e. The standard InChI is InChI=1S/C11H17IN2O/c1-5-6-7-13-9(11(2,3)4)8(12)10(15)14-7/h5-6H2,1-4H3,(H,13,14,15). The lowest BCUT2D eigenvalue weighted by Crippen LogP contribution is -2.25. The summed E-state index contributed by atoms with van der Waals surface area (Å²) in [6, 6.07) is 0. The Kier molecular flexibility index (Phi) is 3.92. The molecule has 0 atom stereocenters. The van der Waals surface area contributed by atoms with E-state index in [4.69, 9.17) is 0 Å². The van der Waals surface area contributed by atoms with E-state index in [-0.39, 0.29) is 11.0 Å². The third kappa shape index (κ3) is 3.03. The fourth-order valence-corrected chi connectivity index (χ4v) is 2.42. The van der Waals surface area contributed by atoms with Gasteiger partial charge in [-0.05, 0) is 29.0 Å². The van der Waals surface area contributed by atoms with Crippen LogP contribution in [0.2, 0.25) is 0 Å². The first kappa shape index (κ1) is 12.7. The van der Waals surface area contributed by atoms with Gasteiger partial charge in [0.15, 0.2) is 0 Å². The molecule has 0 spiro atoms. The molecule has 1 aromatic rings. The summed E-state index contributed by atoms with van der Waals surface area (Å²) in [6.45, 7) is 8.31. The molecule has 0 aliphatic carbocycles. The van der Waals surface area contributed by atoms with Gasteiger partial charge in [0.25, 0.3) is 5.56 Å². The molecule has 1 aromatic heterocycles. The predicted octanol–water partition coefficient (Wildman–Crippen LogP) is 2.62. The molecule has 15 heavy (non-hydrogen) atoms. The van der Waals surface area contributed by atoms with Crippen LogP contribution in [0, 0.1) is 3.57 Å². The molecule has 4 heteroatoms. The third-order valence-corrected chi connectivity index (χ3v) is 3.11. The molecule has 84 valence electrons. The Bertz CT molecular complexity index is 404. The van der Waals surface area contributed by atoms with Gasteiger partial charge in [0.05, 0.1) is 5.69 Å². The first-order valence-corrected chi connectivity index (χ1v) is 6.23. The Labute approximate surface area is 104 Å². The lowest BCUT2D eigenvalue weighted by atomic mass is 9.92. The predicted molar refractivity (Wildman–Crippen MR) is 70.3 cm³/mol. The molecule has 0 saturated heterocycles. The van der Waals surface area contributed by atoms with Gasteiger partial charge in [-0.2, -0.15) is 0 Å². The molecule has 1 rings (SSSR count). The number of hydrogen-bond acceptors (Lipinski definition) is 2. The van der Waals surface area contributed by atoms with Gasteiger partial charge in [0.2, 0.25) is 0 Å². The van der Waals surface area contributed by atoms with Crippen LogP contribution in [0.25, 0.3) is 0 Å². The Hall–Kier alpha value is -0.390. The second kappa shape index (κ2) is 4.63. The van der Waals surface area contributed by atoms with Crippen molar-refractivity contribution in [3.8, 4) is 0 Å². The van der Waals surface area contributed by atoms with Crippen LogP contribution in [0.1, 0.15) is 45.6 Å². The summed E-state index contributed by atoms with van der Waals surface area (Å²) in [5, 5.41) is 0. The maximum absolute atomic E-state index is 11.7. The molecule has 0 fully saturated rings. The van der Waals surface area contributed by atoms with Crippen molar-refractivity contribution in [2.75, 3.05) is 0 Å². The molecule has 0 aliphatic rings. The number of rotatable bonds is 2. The number of H-pyrrole nitrogens is 1. The molecule has 3 nitrogen and oxygen atoms in total. The van der Waals surface area contributed by atoms with E-state index < -0.39 is 0 Å². The fourth-order valence-electron chi connectivity index (χ4n) is 1.36. The normalized spacial score (nSPS) is 11.8. The molecule has 0 aromatic carbocycles. The lowest BCUT2D eigenvalue weighted by molar-refractivity contribution is 0.554. The van der Waals surface area contributed by atoms with Gasteiger partial charge in [-0.1, -0.05) is 27.7 Å². The molecule has 0 amide bonds.